The molecule has 0 saturated carbocycles. The van der Waals surface area contributed by atoms with Crippen LogP contribution in [0.15, 0.2) is 24.5 Å². The topological polar surface area (TPSA) is 95.9 Å². The van der Waals surface area contributed by atoms with Gasteiger partial charge in [-0.3, -0.25) is 9.78 Å². The molecule has 2 aromatic rings. The number of anilines is 1. The first-order valence-corrected chi connectivity index (χ1v) is 4.87. The largest absolute Gasteiger partial charge is 0.375 e. The molecular formula is C10H11N5O2. The lowest BCUT2D eigenvalue weighted by Crippen LogP contribution is -2.19. The fourth-order valence-corrected chi connectivity index (χ4v) is 1.31. The van der Waals surface area contributed by atoms with Gasteiger partial charge >= 0.3 is 0 Å². The number of carbonyl (C=O) groups is 1. The number of methoxy groups -OCH3 is 1. The van der Waals surface area contributed by atoms with Gasteiger partial charge in [0.2, 0.25) is 5.95 Å². The third kappa shape index (κ3) is 2.28. The predicted octanol–water partition coefficient (Wildman–Crippen LogP) is 0.209. The highest BCUT2D eigenvalue weighted by Crippen LogP contribution is 2.14. The second-order valence-corrected chi connectivity index (χ2v) is 3.27. The summed E-state index contributed by atoms with van der Waals surface area (Å²) in [6, 6.07) is 3.54. The summed E-state index contributed by atoms with van der Waals surface area (Å²) in [5, 5.41) is 4.01. The first-order chi connectivity index (χ1) is 8.22. The van der Waals surface area contributed by atoms with Crippen LogP contribution in [0.5, 0.6) is 0 Å². The van der Waals surface area contributed by atoms with Crippen LogP contribution in [-0.4, -0.2) is 39.4 Å². The summed E-state index contributed by atoms with van der Waals surface area (Å²) in [7, 11) is 1.42. The van der Waals surface area contributed by atoms with E-state index < -0.39 is 0 Å². The Morgan fingerprint density at radius 1 is 1.59 bits per heavy atom. The quantitative estimate of drug-likeness (QED) is 0.814. The maximum atomic E-state index is 11.5. The lowest BCUT2D eigenvalue weighted by Gasteiger charge is -1.98. The summed E-state index contributed by atoms with van der Waals surface area (Å²) in [6.45, 7) is -0.0972. The number of nitrogen functional groups attached to an aromatic ring is 1. The third-order valence-corrected chi connectivity index (χ3v) is 2.06. The summed E-state index contributed by atoms with van der Waals surface area (Å²) >= 11 is 0. The Labute approximate surface area is 97.2 Å². The molecule has 0 aliphatic carbocycles. The molecule has 0 fully saturated rings. The molecule has 17 heavy (non-hydrogen) atoms. The minimum atomic E-state index is -0.368. The van der Waals surface area contributed by atoms with Gasteiger partial charge in [0.25, 0.3) is 5.91 Å². The molecule has 0 unspecified atom stereocenters. The Kier molecular flexibility index (Phi) is 3.10. The maximum absolute atomic E-state index is 11.5. The maximum Gasteiger partial charge on any atom is 0.276 e. The highest BCUT2D eigenvalue weighted by Gasteiger charge is 2.14. The molecular weight excluding hydrogens is 222 g/mol. The molecule has 0 aliphatic heterocycles. The van der Waals surface area contributed by atoms with Crippen molar-refractivity contribution in [2.45, 2.75) is 0 Å². The van der Waals surface area contributed by atoms with Crippen LogP contribution >= 0.6 is 0 Å². The van der Waals surface area contributed by atoms with Gasteiger partial charge in [0.15, 0.2) is 5.82 Å². The first kappa shape index (κ1) is 11.2. The van der Waals surface area contributed by atoms with Crippen molar-refractivity contribution in [1.82, 2.24) is 19.7 Å². The molecule has 0 atom stereocenters. The number of ether oxygens (including phenoxy) is 1. The number of pyridine rings is 1. The van der Waals surface area contributed by atoms with Gasteiger partial charge in [-0.25, -0.2) is 0 Å². The monoisotopic (exact) mass is 233 g/mol. The number of rotatable bonds is 3. The number of nitrogens with zero attached hydrogens (tertiary/aromatic N) is 4. The SMILES string of the molecule is COCC(=O)n1nc(-c2cccnc2)nc1N. The van der Waals surface area contributed by atoms with Gasteiger partial charge in [0.05, 0.1) is 0 Å². The zero-order valence-corrected chi connectivity index (χ0v) is 9.20. The van der Waals surface area contributed by atoms with E-state index in [1.807, 2.05) is 0 Å². The number of hydrogen-bond donors (Lipinski definition) is 1. The Balaban J connectivity index is 2.34. The van der Waals surface area contributed by atoms with Crippen LogP contribution < -0.4 is 5.73 Å². The van der Waals surface area contributed by atoms with Crippen LogP contribution in [0.25, 0.3) is 11.4 Å². The fourth-order valence-electron chi connectivity index (χ4n) is 1.31. The minimum absolute atomic E-state index is 0.0332. The molecule has 2 heterocycles. The Morgan fingerprint density at radius 3 is 3.06 bits per heavy atom. The minimum Gasteiger partial charge on any atom is -0.375 e. The number of hydrogen-bond acceptors (Lipinski definition) is 6. The van der Waals surface area contributed by atoms with Gasteiger partial charge in [-0.2, -0.15) is 9.67 Å². The second kappa shape index (κ2) is 4.71. The van der Waals surface area contributed by atoms with Crippen LogP contribution in [-0.2, 0) is 4.74 Å². The molecule has 0 amide bonds. The van der Waals surface area contributed by atoms with Crippen molar-refractivity contribution in [3.63, 3.8) is 0 Å². The molecule has 7 nitrogen and oxygen atoms in total. The second-order valence-electron chi connectivity index (χ2n) is 3.27. The van der Waals surface area contributed by atoms with E-state index in [1.54, 1.807) is 24.5 Å². The molecule has 0 radical (unpaired) electrons. The molecule has 2 aromatic heterocycles. The van der Waals surface area contributed by atoms with E-state index in [2.05, 4.69) is 15.1 Å². The van der Waals surface area contributed by atoms with E-state index >= 15 is 0 Å². The third-order valence-electron chi connectivity index (χ3n) is 2.06. The van der Waals surface area contributed by atoms with Gasteiger partial charge in [-0.1, -0.05) is 0 Å². The molecule has 0 spiro atoms. The van der Waals surface area contributed by atoms with Crippen LogP contribution in [0.3, 0.4) is 0 Å². The van der Waals surface area contributed by atoms with Crippen molar-refractivity contribution in [2.75, 3.05) is 19.5 Å². The summed E-state index contributed by atoms with van der Waals surface area (Å²) in [5.74, 6) is 0.0265. The Hall–Kier alpha value is -2.28. The van der Waals surface area contributed by atoms with Crippen molar-refractivity contribution in [3.05, 3.63) is 24.5 Å². The molecule has 2 rings (SSSR count). The van der Waals surface area contributed by atoms with Gasteiger partial charge in [-0.15, -0.1) is 5.10 Å². The average molecular weight is 233 g/mol. The average Bonchev–Trinajstić information content (AvgIpc) is 2.73. The predicted molar refractivity (Wildman–Crippen MR) is 60.2 cm³/mol. The molecule has 0 saturated heterocycles. The summed E-state index contributed by atoms with van der Waals surface area (Å²) in [4.78, 5) is 19.5. The molecule has 7 heteroatoms. The van der Waals surface area contributed by atoms with Gasteiger partial charge < -0.3 is 10.5 Å². The highest BCUT2D eigenvalue weighted by molar-refractivity contribution is 5.82. The number of aromatic nitrogens is 4. The zero-order valence-electron chi connectivity index (χ0n) is 9.20. The highest BCUT2D eigenvalue weighted by atomic mass is 16.5. The Bertz CT molecular complexity index is 523. The van der Waals surface area contributed by atoms with Crippen molar-refractivity contribution in [1.29, 1.82) is 0 Å². The van der Waals surface area contributed by atoms with Crippen molar-refractivity contribution in [2.24, 2.45) is 0 Å². The van der Waals surface area contributed by atoms with Crippen LogP contribution in [0, 0.1) is 0 Å². The summed E-state index contributed by atoms with van der Waals surface area (Å²) in [5.41, 5.74) is 6.30. The van der Waals surface area contributed by atoms with Crippen LogP contribution in [0.4, 0.5) is 5.95 Å². The molecule has 2 N–H and O–H groups in total. The normalized spacial score (nSPS) is 10.4. The molecule has 0 aromatic carbocycles. The van der Waals surface area contributed by atoms with Crippen molar-refractivity contribution in [3.8, 4) is 11.4 Å². The van der Waals surface area contributed by atoms with Gasteiger partial charge in [-0.05, 0) is 12.1 Å². The van der Waals surface area contributed by atoms with E-state index in [-0.39, 0.29) is 18.5 Å². The van der Waals surface area contributed by atoms with Gasteiger partial charge in [0, 0.05) is 25.1 Å². The summed E-state index contributed by atoms with van der Waals surface area (Å²) < 4.78 is 5.74. The lowest BCUT2D eigenvalue weighted by atomic mass is 10.3. The first-order valence-electron chi connectivity index (χ1n) is 4.87. The number of carbonyl (C=O) groups excluding carboxylic acids is 1. The molecule has 88 valence electrons. The van der Waals surface area contributed by atoms with E-state index in [1.165, 1.54) is 7.11 Å². The standard InChI is InChI=1S/C10H11N5O2/c1-17-6-8(16)15-10(11)13-9(14-15)7-3-2-4-12-5-7/h2-5H,6H2,1H3,(H2,11,13,14). The van der Waals surface area contributed by atoms with E-state index in [0.29, 0.717) is 11.4 Å². The zero-order chi connectivity index (χ0) is 12.3. The van der Waals surface area contributed by atoms with Crippen molar-refractivity contribution >= 4 is 11.9 Å². The lowest BCUT2D eigenvalue weighted by molar-refractivity contribution is 0.0748. The number of nitrogens with two attached hydrogens (primary N) is 1. The fraction of sp³-hybridized carbons (Fsp3) is 0.200. The summed E-state index contributed by atoms with van der Waals surface area (Å²) in [6.07, 6.45) is 3.24. The van der Waals surface area contributed by atoms with Crippen LogP contribution in [0.1, 0.15) is 4.79 Å². The molecule has 0 aliphatic rings. The van der Waals surface area contributed by atoms with Gasteiger partial charge in [0.1, 0.15) is 6.61 Å². The van der Waals surface area contributed by atoms with E-state index in [0.717, 1.165) is 4.68 Å². The van der Waals surface area contributed by atoms with E-state index in [9.17, 15) is 4.79 Å². The van der Waals surface area contributed by atoms with Crippen molar-refractivity contribution < 1.29 is 9.53 Å². The smallest absolute Gasteiger partial charge is 0.276 e. The Morgan fingerprint density at radius 2 is 2.41 bits per heavy atom. The molecule has 0 bridgehead atoms. The van der Waals surface area contributed by atoms with E-state index in [4.69, 9.17) is 10.5 Å². The van der Waals surface area contributed by atoms with Crippen LogP contribution in [0.2, 0.25) is 0 Å².